The van der Waals surface area contributed by atoms with Gasteiger partial charge in [0.2, 0.25) is 5.91 Å². The van der Waals surface area contributed by atoms with E-state index in [1.807, 2.05) is 60.7 Å². The lowest BCUT2D eigenvalue weighted by Gasteiger charge is -2.37. The van der Waals surface area contributed by atoms with Gasteiger partial charge >= 0.3 is 0 Å². The second-order valence-electron chi connectivity index (χ2n) is 10.3. The van der Waals surface area contributed by atoms with Crippen molar-refractivity contribution in [1.29, 1.82) is 0 Å². The first-order valence-electron chi connectivity index (χ1n) is 13.5. The molecule has 3 aromatic rings. The highest BCUT2D eigenvalue weighted by Crippen LogP contribution is 2.47. The Labute approximate surface area is 229 Å². The zero-order valence-corrected chi connectivity index (χ0v) is 22.5. The molecule has 5 rings (SSSR count). The number of aliphatic hydroxyl groups is 1. The summed E-state index contributed by atoms with van der Waals surface area (Å²) < 4.78 is 25.2. The van der Waals surface area contributed by atoms with E-state index in [2.05, 4.69) is 23.2 Å². The van der Waals surface area contributed by atoms with E-state index in [9.17, 15) is 14.3 Å². The van der Waals surface area contributed by atoms with Gasteiger partial charge in [0.1, 0.15) is 24.2 Å². The number of ether oxygens (including phenoxy) is 2. The van der Waals surface area contributed by atoms with Gasteiger partial charge in [0.25, 0.3) is 0 Å². The van der Waals surface area contributed by atoms with Gasteiger partial charge in [0.15, 0.2) is 0 Å². The van der Waals surface area contributed by atoms with E-state index in [1.54, 1.807) is 0 Å². The van der Waals surface area contributed by atoms with Gasteiger partial charge in [-0.1, -0.05) is 30.3 Å². The first-order valence-corrected chi connectivity index (χ1v) is 13.5. The predicted molar refractivity (Wildman–Crippen MR) is 152 cm³/mol. The molecule has 0 unspecified atom stereocenters. The quantitative estimate of drug-likeness (QED) is 0.361. The van der Waals surface area contributed by atoms with E-state index in [1.165, 1.54) is 6.92 Å². The van der Waals surface area contributed by atoms with E-state index in [0.29, 0.717) is 13.0 Å². The molecule has 7 heteroatoms. The number of fused-ring (bicyclic) bond motifs is 1. The maximum absolute atomic E-state index is 12.6. The zero-order chi connectivity index (χ0) is 27.4. The Balaban J connectivity index is 1.40. The fourth-order valence-electron chi connectivity index (χ4n) is 5.31. The number of nitrogens with zero attached hydrogens (tertiary/aromatic N) is 1. The molecular weight excluding hydrogens is 495 g/mol. The molecule has 204 valence electrons. The van der Waals surface area contributed by atoms with Crippen molar-refractivity contribution < 1.29 is 23.8 Å². The van der Waals surface area contributed by atoms with Crippen LogP contribution in [0.4, 0.5) is 10.1 Å². The first-order chi connectivity index (χ1) is 18.9. The van der Waals surface area contributed by atoms with Crippen LogP contribution in [-0.2, 0) is 11.2 Å². The number of hydrogen-bond donors (Lipinski definition) is 2. The first kappa shape index (κ1) is 26.9. The molecule has 0 radical (unpaired) electrons. The van der Waals surface area contributed by atoms with E-state index < -0.39 is 0 Å². The van der Waals surface area contributed by atoms with Crippen molar-refractivity contribution in [3.63, 3.8) is 0 Å². The maximum atomic E-state index is 12.6. The number of likely N-dealkylation sites (tertiary alicyclic amines) is 1. The van der Waals surface area contributed by atoms with E-state index in [0.717, 1.165) is 70.2 Å². The molecule has 39 heavy (non-hydrogen) atoms. The Morgan fingerprint density at radius 2 is 1.85 bits per heavy atom. The molecule has 0 bridgehead atoms. The molecule has 2 aliphatic heterocycles. The number of rotatable bonds is 10. The van der Waals surface area contributed by atoms with Crippen LogP contribution in [-0.4, -0.2) is 55.4 Å². The minimum absolute atomic E-state index is 0.0904. The number of hydrogen-bond acceptors (Lipinski definition) is 5. The number of halogens is 1. The standard InChI is InChI=1S/C32H35FN2O4/c1-21-29-17-23(13-15-36)3-12-30(29)39-32(31(21)25-4-8-27(9-5-25)34-22(2)37)26-6-10-28(11-7-26)38-16-14-35-19-24(18-33)20-35/h3-12,17,24,32,36H,13-16,18-20H2,1-2H3,(H,34,37)/t32-/m0/s1. The van der Waals surface area contributed by atoms with Crippen molar-refractivity contribution in [1.82, 2.24) is 4.90 Å². The molecule has 0 saturated carbocycles. The van der Waals surface area contributed by atoms with Crippen LogP contribution in [0.15, 0.2) is 66.7 Å². The molecule has 2 aliphatic rings. The van der Waals surface area contributed by atoms with Crippen LogP contribution in [0.3, 0.4) is 0 Å². The third-order valence-corrected chi connectivity index (χ3v) is 7.39. The topological polar surface area (TPSA) is 71.0 Å². The number of carbonyl (C=O) groups is 1. The molecule has 0 aromatic heterocycles. The minimum Gasteiger partial charge on any atom is -0.492 e. The molecule has 0 spiro atoms. The lowest BCUT2D eigenvalue weighted by Crippen LogP contribution is -2.49. The number of allylic oxidation sites excluding steroid dienone is 1. The third kappa shape index (κ3) is 6.15. The van der Waals surface area contributed by atoms with Gasteiger partial charge in [0.05, 0.1) is 6.67 Å². The second-order valence-corrected chi connectivity index (χ2v) is 10.3. The Hall–Kier alpha value is -3.68. The normalized spacial score (nSPS) is 17.3. The van der Waals surface area contributed by atoms with Crippen molar-refractivity contribution in [3.05, 3.63) is 89.0 Å². The lowest BCUT2D eigenvalue weighted by molar-refractivity contribution is -0.114. The maximum Gasteiger partial charge on any atom is 0.221 e. The fourth-order valence-corrected chi connectivity index (χ4v) is 5.31. The molecular formula is C32H35FN2O4. The Kier molecular flexibility index (Phi) is 8.29. The molecule has 0 aliphatic carbocycles. The Bertz CT molecular complexity index is 1330. The summed E-state index contributed by atoms with van der Waals surface area (Å²) in [4.78, 5) is 13.7. The van der Waals surface area contributed by atoms with Crippen LogP contribution in [0.1, 0.15) is 42.2 Å². The van der Waals surface area contributed by atoms with E-state index in [4.69, 9.17) is 9.47 Å². The van der Waals surface area contributed by atoms with Crippen molar-refractivity contribution in [2.24, 2.45) is 5.92 Å². The summed E-state index contributed by atoms with van der Waals surface area (Å²) >= 11 is 0. The van der Waals surface area contributed by atoms with Crippen LogP contribution in [0.2, 0.25) is 0 Å². The van der Waals surface area contributed by atoms with Crippen LogP contribution < -0.4 is 14.8 Å². The number of benzene rings is 3. The Morgan fingerprint density at radius 3 is 2.51 bits per heavy atom. The van der Waals surface area contributed by atoms with Gasteiger partial charge in [-0.25, -0.2) is 0 Å². The highest BCUT2D eigenvalue weighted by Gasteiger charge is 2.30. The van der Waals surface area contributed by atoms with Crippen molar-refractivity contribution >= 4 is 22.7 Å². The summed E-state index contributed by atoms with van der Waals surface area (Å²) in [7, 11) is 0. The van der Waals surface area contributed by atoms with Crippen molar-refractivity contribution in [2.45, 2.75) is 26.4 Å². The smallest absolute Gasteiger partial charge is 0.221 e. The van der Waals surface area contributed by atoms with Crippen LogP contribution >= 0.6 is 0 Å². The number of amides is 1. The van der Waals surface area contributed by atoms with Gasteiger partial charge in [0, 0.05) is 55.9 Å². The van der Waals surface area contributed by atoms with E-state index in [-0.39, 0.29) is 31.2 Å². The Morgan fingerprint density at radius 1 is 1.10 bits per heavy atom. The third-order valence-electron chi connectivity index (χ3n) is 7.39. The molecule has 1 saturated heterocycles. The summed E-state index contributed by atoms with van der Waals surface area (Å²) in [6.07, 6.45) is 0.251. The van der Waals surface area contributed by atoms with Gasteiger partial charge in [-0.2, -0.15) is 0 Å². The fraction of sp³-hybridized carbons (Fsp3) is 0.344. The number of alkyl halides is 1. The van der Waals surface area contributed by atoms with Crippen molar-refractivity contribution in [2.75, 3.05) is 44.8 Å². The number of nitrogens with one attached hydrogen (secondary N) is 1. The summed E-state index contributed by atoms with van der Waals surface area (Å²) in [5.41, 5.74) is 6.97. The molecule has 2 heterocycles. The lowest BCUT2D eigenvalue weighted by atomic mass is 9.85. The summed E-state index contributed by atoms with van der Waals surface area (Å²) in [6.45, 7) is 6.41. The van der Waals surface area contributed by atoms with Gasteiger partial charge < -0.3 is 19.9 Å². The highest BCUT2D eigenvalue weighted by molar-refractivity contribution is 5.96. The molecule has 2 N–H and O–H groups in total. The minimum atomic E-state index is -0.333. The van der Waals surface area contributed by atoms with Crippen LogP contribution in [0, 0.1) is 5.92 Å². The van der Waals surface area contributed by atoms with E-state index >= 15 is 0 Å². The monoisotopic (exact) mass is 530 g/mol. The number of carbonyl (C=O) groups excluding carboxylic acids is 1. The van der Waals surface area contributed by atoms with Gasteiger partial charge in [-0.15, -0.1) is 0 Å². The predicted octanol–water partition coefficient (Wildman–Crippen LogP) is 5.52. The molecule has 6 nitrogen and oxygen atoms in total. The summed E-state index contributed by atoms with van der Waals surface area (Å²) in [5.74, 6) is 1.66. The SMILES string of the molecule is CC(=O)Nc1ccc(C2=C(C)c3cc(CCO)ccc3O[C@H]2c2ccc(OCCN3CC(CF)C3)cc2)cc1. The zero-order valence-electron chi connectivity index (χ0n) is 22.5. The van der Waals surface area contributed by atoms with Gasteiger partial charge in [-0.3, -0.25) is 14.1 Å². The average molecular weight is 531 g/mol. The molecule has 1 fully saturated rings. The number of anilines is 1. The second kappa shape index (κ2) is 12.0. The van der Waals surface area contributed by atoms with Gasteiger partial charge in [-0.05, 0) is 72.0 Å². The summed E-state index contributed by atoms with van der Waals surface area (Å²) in [6, 6.07) is 21.9. The molecule has 1 amide bonds. The van der Waals surface area contributed by atoms with Crippen molar-refractivity contribution in [3.8, 4) is 11.5 Å². The average Bonchev–Trinajstić information content (AvgIpc) is 2.91. The molecule has 3 aromatic carbocycles. The highest BCUT2D eigenvalue weighted by atomic mass is 19.1. The molecule has 1 atom stereocenters. The van der Waals surface area contributed by atoms with Crippen LogP contribution in [0.5, 0.6) is 11.5 Å². The summed E-state index contributed by atoms with van der Waals surface area (Å²) in [5, 5.41) is 12.3. The largest absolute Gasteiger partial charge is 0.492 e. The number of aliphatic hydroxyl groups excluding tert-OH is 1. The van der Waals surface area contributed by atoms with Crippen LogP contribution in [0.25, 0.3) is 11.1 Å².